The summed E-state index contributed by atoms with van der Waals surface area (Å²) in [6.07, 6.45) is 0. The molecule has 3 rings (SSSR count). The molecule has 2 aromatic carbocycles. The van der Waals surface area contributed by atoms with Gasteiger partial charge in [-0.2, -0.15) is 0 Å². The Hall–Kier alpha value is -2.64. The van der Waals surface area contributed by atoms with E-state index in [1.54, 1.807) is 24.3 Å². The Kier molecular flexibility index (Phi) is 6.39. The van der Waals surface area contributed by atoms with Gasteiger partial charge >= 0.3 is 11.7 Å². The van der Waals surface area contributed by atoms with Crippen molar-refractivity contribution in [3.63, 3.8) is 0 Å². The van der Waals surface area contributed by atoms with Crippen LogP contribution in [0.4, 0.5) is 4.39 Å². The molecular formula is C21H23ClFN3O3. The van der Waals surface area contributed by atoms with Crippen molar-refractivity contribution >= 4 is 28.6 Å². The van der Waals surface area contributed by atoms with Gasteiger partial charge in [-0.3, -0.25) is 9.13 Å². The highest BCUT2D eigenvalue weighted by Crippen LogP contribution is 2.26. The average Bonchev–Trinajstić information content (AvgIpc) is 3.00. The van der Waals surface area contributed by atoms with Crippen molar-refractivity contribution < 1.29 is 13.9 Å². The van der Waals surface area contributed by atoms with E-state index in [4.69, 9.17) is 16.3 Å². The molecule has 0 fully saturated rings. The van der Waals surface area contributed by atoms with Gasteiger partial charge < -0.3 is 9.64 Å². The topological polar surface area (TPSA) is 56.5 Å². The molecule has 0 spiro atoms. The van der Waals surface area contributed by atoms with E-state index in [-0.39, 0.29) is 11.1 Å². The van der Waals surface area contributed by atoms with E-state index in [2.05, 4.69) is 4.90 Å². The van der Waals surface area contributed by atoms with Crippen LogP contribution in [0.15, 0.2) is 41.2 Å². The highest BCUT2D eigenvalue weighted by atomic mass is 35.5. The van der Waals surface area contributed by atoms with Crippen molar-refractivity contribution in [1.29, 1.82) is 0 Å². The summed E-state index contributed by atoms with van der Waals surface area (Å²) < 4.78 is 22.6. The molecule has 0 amide bonds. The molecular weight excluding hydrogens is 397 g/mol. The fourth-order valence-corrected chi connectivity index (χ4v) is 3.64. The molecule has 0 aliphatic heterocycles. The predicted molar refractivity (Wildman–Crippen MR) is 112 cm³/mol. The number of esters is 1. The van der Waals surface area contributed by atoms with Gasteiger partial charge in [0, 0.05) is 13.1 Å². The van der Waals surface area contributed by atoms with Crippen molar-refractivity contribution in [1.82, 2.24) is 14.0 Å². The number of likely N-dealkylation sites (N-methyl/N-ethyl adjacent to an activating group) is 1. The Morgan fingerprint density at radius 1 is 1.21 bits per heavy atom. The summed E-state index contributed by atoms with van der Waals surface area (Å²) in [6, 6.07) is 9.33. The normalized spacial score (nSPS) is 11.4. The van der Waals surface area contributed by atoms with E-state index in [9.17, 15) is 9.59 Å². The smallest absolute Gasteiger partial charge is 0.338 e. The minimum atomic E-state index is -0.693. The molecule has 0 atom stereocenters. The lowest BCUT2D eigenvalue weighted by Gasteiger charge is -2.18. The van der Waals surface area contributed by atoms with E-state index in [1.165, 1.54) is 22.3 Å². The zero-order chi connectivity index (χ0) is 21.1. The zero-order valence-corrected chi connectivity index (χ0v) is 17.4. The van der Waals surface area contributed by atoms with Crippen LogP contribution < -0.4 is 5.69 Å². The van der Waals surface area contributed by atoms with Crippen molar-refractivity contribution in [2.45, 2.75) is 20.4 Å². The SMILES string of the molecule is CCN(CC)CCn1c(=O)n(-c2ccccc2Cl)c2c(F)cc(C(=O)OC)cc21. The number of methoxy groups -OCH3 is 1. The molecule has 154 valence electrons. The lowest BCUT2D eigenvalue weighted by atomic mass is 10.2. The van der Waals surface area contributed by atoms with Gasteiger partial charge in [0.15, 0.2) is 0 Å². The quantitative estimate of drug-likeness (QED) is 0.548. The second-order valence-corrected chi connectivity index (χ2v) is 6.97. The summed E-state index contributed by atoms with van der Waals surface area (Å²) >= 11 is 6.30. The van der Waals surface area contributed by atoms with Gasteiger partial charge in [0.05, 0.1) is 28.9 Å². The standard InChI is InChI=1S/C21H23ClFN3O3/c1-4-24(5-2)10-11-25-18-13-14(20(27)29-3)12-16(23)19(18)26(21(25)28)17-9-7-6-8-15(17)22/h6-9,12-13H,4-5,10-11H2,1-3H3. The first-order valence-corrected chi connectivity index (χ1v) is 9.81. The summed E-state index contributed by atoms with van der Waals surface area (Å²) in [7, 11) is 1.23. The average molecular weight is 420 g/mol. The maximum atomic E-state index is 15.1. The van der Waals surface area contributed by atoms with Crippen LogP contribution in [-0.4, -0.2) is 46.7 Å². The minimum Gasteiger partial charge on any atom is -0.465 e. The van der Waals surface area contributed by atoms with Gasteiger partial charge in [-0.25, -0.2) is 14.0 Å². The molecule has 0 aliphatic carbocycles. The molecule has 3 aromatic rings. The zero-order valence-electron chi connectivity index (χ0n) is 16.6. The number of rotatable bonds is 7. The molecule has 0 saturated heterocycles. The maximum Gasteiger partial charge on any atom is 0.338 e. The lowest BCUT2D eigenvalue weighted by molar-refractivity contribution is 0.0600. The monoisotopic (exact) mass is 419 g/mol. The number of aromatic nitrogens is 2. The summed E-state index contributed by atoms with van der Waals surface area (Å²) in [5, 5.41) is 0.328. The summed E-state index contributed by atoms with van der Waals surface area (Å²) in [5.74, 6) is -1.36. The van der Waals surface area contributed by atoms with Crippen LogP contribution in [0, 0.1) is 5.82 Å². The van der Waals surface area contributed by atoms with Crippen molar-refractivity contribution in [3.05, 3.63) is 63.3 Å². The Morgan fingerprint density at radius 3 is 2.52 bits per heavy atom. The van der Waals surface area contributed by atoms with Crippen molar-refractivity contribution in [3.8, 4) is 5.69 Å². The number of imidazole rings is 1. The van der Waals surface area contributed by atoms with Gasteiger partial charge in [-0.15, -0.1) is 0 Å². The third-order valence-electron chi connectivity index (χ3n) is 5.03. The highest BCUT2D eigenvalue weighted by Gasteiger charge is 2.22. The van der Waals surface area contributed by atoms with Crippen molar-refractivity contribution in [2.24, 2.45) is 0 Å². The molecule has 0 unspecified atom stereocenters. The van der Waals surface area contributed by atoms with E-state index < -0.39 is 17.5 Å². The Balaban J connectivity index is 2.29. The van der Waals surface area contributed by atoms with Crippen LogP contribution in [0.3, 0.4) is 0 Å². The number of fused-ring (bicyclic) bond motifs is 1. The molecule has 1 heterocycles. The maximum absolute atomic E-state index is 15.1. The van der Waals surface area contributed by atoms with Gasteiger partial charge in [0.25, 0.3) is 0 Å². The number of carbonyl (C=O) groups is 1. The molecule has 1 aromatic heterocycles. The number of hydrogen-bond donors (Lipinski definition) is 0. The van der Waals surface area contributed by atoms with Crippen LogP contribution >= 0.6 is 11.6 Å². The van der Waals surface area contributed by atoms with E-state index in [0.29, 0.717) is 29.3 Å². The van der Waals surface area contributed by atoms with Crippen molar-refractivity contribution in [2.75, 3.05) is 26.7 Å². The summed E-state index contributed by atoms with van der Waals surface area (Å²) in [5.41, 5.74) is 0.416. The molecule has 29 heavy (non-hydrogen) atoms. The van der Waals surface area contributed by atoms with Gasteiger partial charge in [-0.05, 0) is 37.4 Å². The number of para-hydroxylation sites is 1. The molecule has 8 heteroatoms. The minimum absolute atomic E-state index is 0.0467. The number of nitrogens with zero attached hydrogens (tertiary/aromatic N) is 3. The second kappa shape index (κ2) is 8.80. The number of benzene rings is 2. The van der Waals surface area contributed by atoms with Crippen LogP contribution in [0.25, 0.3) is 16.7 Å². The van der Waals surface area contributed by atoms with Gasteiger partial charge in [0.1, 0.15) is 11.3 Å². The van der Waals surface area contributed by atoms with E-state index >= 15 is 4.39 Å². The second-order valence-electron chi connectivity index (χ2n) is 6.57. The Bertz CT molecular complexity index is 1100. The number of halogens is 2. The fourth-order valence-electron chi connectivity index (χ4n) is 3.42. The van der Waals surface area contributed by atoms with Crippen LogP contribution in [-0.2, 0) is 11.3 Å². The molecule has 0 N–H and O–H groups in total. The molecule has 0 saturated carbocycles. The lowest BCUT2D eigenvalue weighted by Crippen LogP contribution is -2.31. The van der Waals surface area contributed by atoms with Crippen LogP contribution in [0.2, 0.25) is 5.02 Å². The number of carbonyl (C=O) groups excluding carboxylic acids is 1. The predicted octanol–water partition coefficient (Wildman–Crippen LogP) is 3.71. The summed E-state index contributed by atoms with van der Waals surface area (Å²) in [4.78, 5) is 27.4. The number of hydrogen-bond acceptors (Lipinski definition) is 4. The van der Waals surface area contributed by atoms with Gasteiger partial charge in [0.2, 0.25) is 0 Å². The first kappa shape index (κ1) is 21.1. The van der Waals surface area contributed by atoms with E-state index in [1.807, 2.05) is 13.8 Å². The Morgan fingerprint density at radius 2 is 1.90 bits per heavy atom. The summed E-state index contributed by atoms with van der Waals surface area (Å²) in [6.45, 7) is 6.69. The molecule has 0 bridgehead atoms. The fraction of sp³-hybridized carbons (Fsp3) is 0.333. The molecule has 6 nitrogen and oxygen atoms in total. The molecule has 0 aliphatic rings. The first-order chi connectivity index (χ1) is 13.9. The van der Waals surface area contributed by atoms with Gasteiger partial charge in [-0.1, -0.05) is 37.6 Å². The largest absolute Gasteiger partial charge is 0.465 e. The number of ether oxygens (including phenoxy) is 1. The van der Waals surface area contributed by atoms with Crippen LogP contribution in [0.1, 0.15) is 24.2 Å². The highest BCUT2D eigenvalue weighted by molar-refractivity contribution is 6.32. The van der Waals surface area contributed by atoms with Crippen LogP contribution in [0.5, 0.6) is 0 Å². The first-order valence-electron chi connectivity index (χ1n) is 9.43. The third-order valence-corrected chi connectivity index (χ3v) is 5.35. The molecule has 0 radical (unpaired) electrons. The third kappa shape index (κ3) is 3.93. The Labute approximate surface area is 173 Å². The van der Waals surface area contributed by atoms with E-state index in [0.717, 1.165) is 19.2 Å².